The summed E-state index contributed by atoms with van der Waals surface area (Å²) in [6, 6.07) is 14.0. The zero-order chi connectivity index (χ0) is 22.0. The van der Waals surface area contributed by atoms with E-state index in [0.717, 1.165) is 56.9 Å². The van der Waals surface area contributed by atoms with E-state index in [9.17, 15) is 9.59 Å². The topological polar surface area (TPSA) is 61.8 Å². The third-order valence-corrected chi connectivity index (χ3v) is 7.46. The largest absolute Gasteiger partial charge is 0.326 e. The smallest absolute Gasteiger partial charge is 0.242 e. The van der Waals surface area contributed by atoms with Crippen LogP contribution in [0.3, 0.4) is 0 Å². The van der Waals surface area contributed by atoms with E-state index in [1.54, 1.807) is 0 Å². The molecule has 1 saturated carbocycles. The van der Waals surface area contributed by atoms with Gasteiger partial charge in [0.15, 0.2) is 5.17 Å². The molecule has 2 aromatic carbocycles. The highest BCUT2D eigenvalue weighted by atomic mass is 127. The first-order chi connectivity index (χ1) is 14.9. The van der Waals surface area contributed by atoms with Gasteiger partial charge in [0.05, 0.1) is 5.69 Å². The Bertz CT molecular complexity index is 996. The van der Waals surface area contributed by atoms with Crippen LogP contribution in [0.2, 0.25) is 0 Å². The number of amides is 2. The molecule has 2 aliphatic rings. The molecule has 0 bridgehead atoms. The number of halogens is 1. The van der Waals surface area contributed by atoms with Gasteiger partial charge in [-0.2, -0.15) is 0 Å². The van der Waals surface area contributed by atoms with Crippen molar-refractivity contribution in [2.24, 2.45) is 4.99 Å². The van der Waals surface area contributed by atoms with E-state index >= 15 is 0 Å². The molecule has 31 heavy (non-hydrogen) atoms. The van der Waals surface area contributed by atoms with E-state index in [1.807, 2.05) is 41.3 Å². The summed E-state index contributed by atoms with van der Waals surface area (Å²) < 4.78 is 1.11. The van der Waals surface area contributed by atoms with Crippen LogP contribution in [0, 0.1) is 17.4 Å². The average molecular weight is 547 g/mol. The molecule has 162 valence electrons. The second-order valence-electron chi connectivity index (χ2n) is 8.25. The molecule has 1 atom stereocenters. The summed E-state index contributed by atoms with van der Waals surface area (Å²) >= 11 is 3.66. The lowest BCUT2D eigenvalue weighted by Crippen LogP contribution is -2.40. The molecule has 0 spiro atoms. The van der Waals surface area contributed by atoms with Crippen LogP contribution in [0.15, 0.2) is 47.5 Å². The van der Waals surface area contributed by atoms with E-state index in [1.165, 1.54) is 11.8 Å². The van der Waals surface area contributed by atoms with Gasteiger partial charge in [0.2, 0.25) is 11.8 Å². The summed E-state index contributed by atoms with van der Waals surface area (Å²) in [6.45, 7) is 4.10. The zero-order valence-corrected chi connectivity index (χ0v) is 20.7. The van der Waals surface area contributed by atoms with E-state index in [4.69, 9.17) is 4.99 Å². The first-order valence-corrected chi connectivity index (χ1v) is 12.6. The van der Waals surface area contributed by atoms with E-state index in [0.29, 0.717) is 0 Å². The average Bonchev–Trinajstić information content (AvgIpc) is 3.31. The first-order valence-electron chi connectivity index (χ1n) is 10.6. The summed E-state index contributed by atoms with van der Waals surface area (Å²) in [4.78, 5) is 32.7. The molecule has 1 saturated heterocycles. The second-order valence-corrected chi connectivity index (χ2v) is 10.7. The van der Waals surface area contributed by atoms with Crippen LogP contribution in [0.25, 0.3) is 0 Å². The third-order valence-electron chi connectivity index (χ3n) is 5.59. The molecule has 1 heterocycles. The summed E-state index contributed by atoms with van der Waals surface area (Å²) in [5, 5.41) is 3.21. The number of rotatable bonds is 5. The molecule has 2 aromatic rings. The van der Waals surface area contributed by atoms with E-state index < -0.39 is 5.25 Å². The standard InChI is InChI=1S/C24H26IN3O2S/c1-15-11-16(2)13-19(12-15)27-24-28(20-5-3-4-6-20)23(30)21(31-24)14-22(29)26-18-9-7-17(25)8-10-18/h7-13,20-21H,3-6,14H2,1-2H3,(H,26,29)/t21-/m0/s1. The Kier molecular flexibility index (Phi) is 7.01. The number of aryl methyl sites for hydroxylation is 2. The molecule has 0 unspecified atom stereocenters. The molecule has 5 nitrogen and oxygen atoms in total. The van der Waals surface area contributed by atoms with Crippen molar-refractivity contribution in [1.82, 2.24) is 4.90 Å². The predicted molar refractivity (Wildman–Crippen MR) is 136 cm³/mol. The molecule has 7 heteroatoms. The number of nitrogens with one attached hydrogen (secondary N) is 1. The Morgan fingerprint density at radius 2 is 1.77 bits per heavy atom. The number of carbonyl (C=O) groups excluding carboxylic acids is 2. The number of nitrogens with zero attached hydrogens (tertiary/aromatic N) is 2. The third kappa shape index (κ3) is 5.49. The Morgan fingerprint density at radius 3 is 2.42 bits per heavy atom. The molecule has 0 radical (unpaired) electrons. The number of carbonyl (C=O) groups is 2. The fourth-order valence-corrected chi connectivity index (χ4v) is 5.80. The van der Waals surface area contributed by atoms with Crippen molar-refractivity contribution in [2.75, 3.05) is 5.32 Å². The van der Waals surface area contributed by atoms with Crippen molar-refractivity contribution in [1.29, 1.82) is 0 Å². The SMILES string of the molecule is Cc1cc(C)cc(N=C2S[C@@H](CC(=O)Nc3ccc(I)cc3)C(=O)N2C2CCCC2)c1. The van der Waals surface area contributed by atoms with Crippen LogP contribution in [0.4, 0.5) is 11.4 Å². The first kappa shape index (κ1) is 22.3. The van der Waals surface area contributed by atoms with Gasteiger partial charge >= 0.3 is 0 Å². The van der Waals surface area contributed by atoms with Gasteiger partial charge in [0.1, 0.15) is 5.25 Å². The number of aliphatic imine (C=N–C) groups is 1. The summed E-state index contributed by atoms with van der Waals surface area (Å²) in [7, 11) is 0. The lowest BCUT2D eigenvalue weighted by molar-refractivity contribution is -0.129. The fourth-order valence-electron chi connectivity index (χ4n) is 4.23. The lowest BCUT2D eigenvalue weighted by Gasteiger charge is -2.23. The summed E-state index contributed by atoms with van der Waals surface area (Å²) in [5.41, 5.74) is 3.90. The molecule has 1 aliphatic carbocycles. The molecule has 1 aliphatic heterocycles. The summed E-state index contributed by atoms with van der Waals surface area (Å²) in [6.07, 6.45) is 4.41. The Balaban J connectivity index is 1.54. The van der Waals surface area contributed by atoms with Crippen molar-refractivity contribution >= 4 is 62.7 Å². The molecular formula is C24H26IN3O2S. The molecule has 2 fully saturated rings. The molecule has 0 aromatic heterocycles. The van der Waals surface area contributed by atoms with E-state index in [-0.39, 0.29) is 24.3 Å². The van der Waals surface area contributed by atoms with Crippen molar-refractivity contribution < 1.29 is 9.59 Å². The zero-order valence-electron chi connectivity index (χ0n) is 17.7. The number of benzene rings is 2. The van der Waals surface area contributed by atoms with Crippen molar-refractivity contribution in [3.05, 3.63) is 57.2 Å². The minimum absolute atomic E-state index is 0.0118. The highest BCUT2D eigenvalue weighted by Gasteiger charge is 2.43. The van der Waals surface area contributed by atoms with Gasteiger partial charge < -0.3 is 5.32 Å². The van der Waals surface area contributed by atoms with Gasteiger partial charge in [0.25, 0.3) is 0 Å². The maximum absolute atomic E-state index is 13.3. The molecule has 1 N–H and O–H groups in total. The fraction of sp³-hybridized carbons (Fsp3) is 0.375. The van der Waals surface area contributed by atoms with Gasteiger partial charge in [-0.3, -0.25) is 14.5 Å². The number of thioether (sulfide) groups is 1. The van der Waals surface area contributed by atoms with Crippen LogP contribution in [0.1, 0.15) is 43.2 Å². The van der Waals surface area contributed by atoms with Crippen LogP contribution >= 0.6 is 34.4 Å². The van der Waals surface area contributed by atoms with Crippen molar-refractivity contribution in [2.45, 2.75) is 57.2 Å². The summed E-state index contributed by atoms with van der Waals surface area (Å²) in [5.74, 6) is -0.135. The molecule has 4 rings (SSSR count). The minimum Gasteiger partial charge on any atom is -0.326 e. The van der Waals surface area contributed by atoms with Gasteiger partial charge in [-0.25, -0.2) is 4.99 Å². The van der Waals surface area contributed by atoms with Crippen molar-refractivity contribution in [3.63, 3.8) is 0 Å². The molecule has 2 amide bonds. The van der Waals surface area contributed by atoms with Gasteiger partial charge in [-0.1, -0.05) is 30.7 Å². The van der Waals surface area contributed by atoms with Gasteiger partial charge in [0, 0.05) is 21.7 Å². The van der Waals surface area contributed by atoms with Crippen LogP contribution < -0.4 is 5.32 Å². The van der Waals surface area contributed by atoms with Crippen molar-refractivity contribution in [3.8, 4) is 0 Å². The monoisotopic (exact) mass is 547 g/mol. The highest BCUT2D eigenvalue weighted by molar-refractivity contribution is 14.1. The predicted octanol–water partition coefficient (Wildman–Crippen LogP) is 5.81. The minimum atomic E-state index is -0.436. The van der Waals surface area contributed by atoms with Gasteiger partial charge in [-0.05, 0) is 96.8 Å². The second kappa shape index (κ2) is 9.73. The van der Waals surface area contributed by atoms with E-state index in [2.05, 4.69) is 47.8 Å². The number of hydrogen-bond acceptors (Lipinski definition) is 4. The number of hydrogen-bond donors (Lipinski definition) is 1. The molecular weight excluding hydrogens is 521 g/mol. The van der Waals surface area contributed by atoms with Crippen LogP contribution in [-0.4, -0.2) is 33.2 Å². The Hall–Kier alpha value is -1.87. The number of amidine groups is 1. The Labute approximate surface area is 201 Å². The Morgan fingerprint density at radius 1 is 1.13 bits per heavy atom. The quantitative estimate of drug-likeness (QED) is 0.481. The maximum atomic E-state index is 13.3. The van der Waals surface area contributed by atoms with Gasteiger partial charge in [-0.15, -0.1) is 0 Å². The maximum Gasteiger partial charge on any atom is 0.242 e. The highest BCUT2D eigenvalue weighted by Crippen LogP contribution is 2.37. The normalized spacial score (nSPS) is 20.6. The number of anilines is 1. The van der Waals surface area contributed by atoms with Crippen LogP contribution in [-0.2, 0) is 9.59 Å². The van der Waals surface area contributed by atoms with Crippen LogP contribution in [0.5, 0.6) is 0 Å². The lowest BCUT2D eigenvalue weighted by atomic mass is 10.1.